The van der Waals surface area contributed by atoms with Gasteiger partial charge in [-0.05, 0) is 37.8 Å². The lowest BCUT2D eigenvalue weighted by atomic mass is 9.90. The number of nitrogens with zero attached hydrogens (tertiary/aromatic N) is 2. The molecule has 1 aliphatic carbocycles. The van der Waals surface area contributed by atoms with E-state index in [2.05, 4.69) is 9.88 Å². The van der Waals surface area contributed by atoms with Gasteiger partial charge in [-0.2, -0.15) is 0 Å². The van der Waals surface area contributed by atoms with Crippen molar-refractivity contribution in [3.63, 3.8) is 0 Å². The smallest absolute Gasteiger partial charge is 0.210 e. The molecule has 5 heteroatoms. The van der Waals surface area contributed by atoms with E-state index in [1.54, 1.807) is 0 Å². The minimum Gasteiger partial charge on any atom is -0.490 e. The third-order valence-electron chi connectivity index (χ3n) is 4.89. The van der Waals surface area contributed by atoms with E-state index in [9.17, 15) is 0 Å². The Morgan fingerprint density at radius 1 is 1.23 bits per heavy atom. The largest absolute Gasteiger partial charge is 0.490 e. The van der Waals surface area contributed by atoms with Crippen molar-refractivity contribution in [3.8, 4) is 5.75 Å². The minimum absolute atomic E-state index is 0.296. The summed E-state index contributed by atoms with van der Waals surface area (Å²) in [5.41, 5.74) is 1.59. The van der Waals surface area contributed by atoms with Gasteiger partial charge in [0.15, 0.2) is 5.58 Å². The maximum absolute atomic E-state index is 6.14. The van der Waals surface area contributed by atoms with Gasteiger partial charge >= 0.3 is 0 Å². The van der Waals surface area contributed by atoms with Gasteiger partial charge in [0.1, 0.15) is 17.4 Å². The van der Waals surface area contributed by atoms with Crippen LogP contribution in [0.25, 0.3) is 11.1 Å². The van der Waals surface area contributed by atoms with E-state index in [4.69, 9.17) is 20.8 Å². The molecule has 0 amide bonds. The van der Waals surface area contributed by atoms with Crippen molar-refractivity contribution in [2.75, 3.05) is 13.1 Å². The van der Waals surface area contributed by atoms with Gasteiger partial charge in [0.25, 0.3) is 0 Å². The van der Waals surface area contributed by atoms with E-state index in [0.717, 1.165) is 48.8 Å². The molecule has 2 aliphatic rings. The summed E-state index contributed by atoms with van der Waals surface area (Å²) in [4.78, 5) is 6.94. The molecule has 0 atom stereocenters. The van der Waals surface area contributed by atoms with E-state index in [1.165, 1.54) is 19.3 Å². The first-order valence-corrected chi connectivity index (χ1v) is 8.71. The van der Waals surface area contributed by atoms with Gasteiger partial charge in [0.2, 0.25) is 5.89 Å². The third-order valence-corrected chi connectivity index (χ3v) is 5.12. The van der Waals surface area contributed by atoms with Crippen LogP contribution in [0.2, 0.25) is 0 Å². The molecule has 1 aromatic carbocycles. The van der Waals surface area contributed by atoms with Gasteiger partial charge in [-0.1, -0.05) is 6.42 Å². The van der Waals surface area contributed by atoms with Gasteiger partial charge in [-0.15, -0.1) is 11.6 Å². The number of alkyl halides is 1. The number of benzene rings is 1. The molecule has 1 saturated carbocycles. The normalized spacial score (nSPS) is 21.1. The number of aromatic nitrogens is 1. The van der Waals surface area contributed by atoms with Crippen molar-refractivity contribution < 1.29 is 9.15 Å². The highest BCUT2D eigenvalue weighted by Gasteiger charge is 2.29. The second-order valence-electron chi connectivity index (χ2n) is 6.31. The lowest BCUT2D eigenvalue weighted by Crippen LogP contribution is -2.46. The van der Waals surface area contributed by atoms with Crippen molar-refractivity contribution in [1.82, 2.24) is 9.88 Å². The summed E-state index contributed by atoms with van der Waals surface area (Å²) in [6, 6.07) is 6.69. The number of ether oxygens (including phenoxy) is 1. The molecule has 0 bridgehead atoms. The molecule has 0 radical (unpaired) electrons. The molecule has 22 heavy (non-hydrogen) atoms. The van der Waals surface area contributed by atoms with Gasteiger partial charge in [0, 0.05) is 25.2 Å². The number of fused-ring (bicyclic) bond motifs is 1. The SMILES string of the molecule is ClCc1nc2ccc(OC3CCN(C4CCC4)CC3)cc2o1. The van der Waals surface area contributed by atoms with Gasteiger partial charge in [-0.3, -0.25) is 0 Å². The predicted molar refractivity (Wildman–Crippen MR) is 86.4 cm³/mol. The second-order valence-corrected chi connectivity index (χ2v) is 6.58. The summed E-state index contributed by atoms with van der Waals surface area (Å²) in [6.45, 7) is 2.33. The predicted octanol–water partition coefficient (Wildman–Crippen LogP) is 3.96. The monoisotopic (exact) mass is 320 g/mol. The minimum atomic E-state index is 0.296. The van der Waals surface area contributed by atoms with E-state index in [0.29, 0.717) is 17.9 Å². The van der Waals surface area contributed by atoms with Crippen LogP contribution >= 0.6 is 11.6 Å². The molecule has 0 spiro atoms. The molecule has 1 aliphatic heterocycles. The van der Waals surface area contributed by atoms with Crippen molar-refractivity contribution in [3.05, 3.63) is 24.1 Å². The molecule has 4 nitrogen and oxygen atoms in total. The molecular weight excluding hydrogens is 300 g/mol. The molecular formula is C17H21ClN2O2. The molecule has 2 heterocycles. The summed E-state index contributed by atoms with van der Waals surface area (Å²) < 4.78 is 11.7. The molecule has 118 valence electrons. The molecule has 0 unspecified atom stereocenters. The van der Waals surface area contributed by atoms with Crippen molar-refractivity contribution in [2.24, 2.45) is 0 Å². The third kappa shape index (κ3) is 2.82. The summed E-state index contributed by atoms with van der Waals surface area (Å²) in [5, 5.41) is 0. The summed E-state index contributed by atoms with van der Waals surface area (Å²) >= 11 is 5.76. The van der Waals surface area contributed by atoms with E-state index in [-0.39, 0.29) is 0 Å². The zero-order valence-corrected chi connectivity index (χ0v) is 13.4. The van der Waals surface area contributed by atoms with Crippen LogP contribution in [0.5, 0.6) is 5.75 Å². The molecule has 2 aromatic rings. The summed E-state index contributed by atoms with van der Waals surface area (Å²) in [7, 11) is 0. The van der Waals surface area contributed by atoms with Crippen LogP contribution in [0.4, 0.5) is 0 Å². The van der Waals surface area contributed by atoms with Gasteiger partial charge in [-0.25, -0.2) is 4.98 Å². The van der Waals surface area contributed by atoms with Gasteiger partial charge in [0.05, 0.1) is 5.88 Å². The summed E-state index contributed by atoms with van der Waals surface area (Å²) in [6.07, 6.45) is 6.70. The Hall–Kier alpha value is -1.26. The average molecular weight is 321 g/mol. The second kappa shape index (κ2) is 6.09. The fourth-order valence-electron chi connectivity index (χ4n) is 3.39. The number of hydrogen-bond donors (Lipinski definition) is 0. The van der Waals surface area contributed by atoms with Gasteiger partial charge < -0.3 is 14.1 Å². The Bertz CT molecular complexity index is 645. The van der Waals surface area contributed by atoms with Crippen LogP contribution in [0.15, 0.2) is 22.6 Å². The quantitative estimate of drug-likeness (QED) is 0.799. The Morgan fingerprint density at radius 2 is 2.05 bits per heavy atom. The van der Waals surface area contributed by atoms with Crippen LogP contribution in [0.3, 0.4) is 0 Å². The first-order chi connectivity index (χ1) is 10.8. The van der Waals surface area contributed by atoms with E-state index < -0.39 is 0 Å². The highest BCUT2D eigenvalue weighted by molar-refractivity contribution is 6.16. The Labute approximate surface area is 135 Å². The molecule has 1 saturated heterocycles. The number of oxazole rings is 1. The maximum Gasteiger partial charge on any atom is 0.210 e. The van der Waals surface area contributed by atoms with Crippen LogP contribution in [-0.2, 0) is 5.88 Å². The highest BCUT2D eigenvalue weighted by Crippen LogP contribution is 2.29. The van der Waals surface area contributed by atoms with Crippen molar-refractivity contribution in [1.29, 1.82) is 0 Å². The lowest BCUT2D eigenvalue weighted by molar-refractivity contribution is 0.0494. The van der Waals surface area contributed by atoms with E-state index >= 15 is 0 Å². The number of hydrogen-bond acceptors (Lipinski definition) is 4. The Balaban J connectivity index is 1.38. The Morgan fingerprint density at radius 3 is 2.73 bits per heavy atom. The number of halogens is 1. The number of likely N-dealkylation sites (tertiary alicyclic amines) is 1. The number of rotatable bonds is 4. The fraction of sp³-hybridized carbons (Fsp3) is 0.588. The zero-order valence-electron chi connectivity index (χ0n) is 12.6. The van der Waals surface area contributed by atoms with E-state index in [1.807, 2.05) is 18.2 Å². The van der Waals surface area contributed by atoms with Crippen molar-refractivity contribution in [2.45, 2.75) is 50.1 Å². The average Bonchev–Trinajstić information content (AvgIpc) is 2.90. The summed E-state index contributed by atoms with van der Waals surface area (Å²) in [5.74, 6) is 1.72. The molecule has 0 N–H and O–H groups in total. The standard InChI is InChI=1S/C17H21ClN2O2/c18-11-17-19-15-5-4-14(10-16(15)22-17)21-13-6-8-20(9-7-13)12-2-1-3-12/h4-5,10,12-13H,1-3,6-9,11H2. The fourth-order valence-corrected chi connectivity index (χ4v) is 3.50. The number of piperidine rings is 1. The molecule has 4 rings (SSSR count). The van der Waals surface area contributed by atoms with Crippen LogP contribution in [0.1, 0.15) is 38.0 Å². The van der Waals surface area contributed by atoms with Crippen LogP contribution in [0, 0.1) is 0 Å². The lowest BCUT2D eigenvalue weighted by Gasteiger charge is -2.41. The van der Waals surface area contributed by atoms with Crippen molar-refractivity contribution >= 4 is 22.7 Å². The first kappa shape index (κ1) is 14.3. The van der Waals surface area contributed by atoms with Crippen LogP contribution < -0.4 is 4.74 Å². The van der Waals surface area contributed by atoms with Crippen LogP contribution in [-0.4, -0.2) is 35.1 Å². The zero-order chi connectivity index (χ0) is 14.9. The maximum atomic E-state index is 6.14. The molecule has 2 fully saturated rings. The Kier molecular flexibility index (Phi) is 3.97. The highest BCUT2D eigenvalue weighted by atomic mass is 35.5. The first-order valence-electron chi connectivity index (χ1n) is 8.18. The topological polar surface area (TPSA) is 38.5 Å². The molecule has 1 aromatic heterocycles.